The van der Waals surface area contributed by atoms with E-state index in [0.717, 1.165) is 6.42 Å². The van der Waals surface area contributed by atoms with Gasteiger partial charge in [-0.3, -0.25) is 9.59 Å². The summed E-state index contributed by atoms with van der Waals surface area (Å²) in [6.07, 6.45) is 1.44. The first-order chi connectivity index (χ1) is 13.9. The van der Waals surface area contributed by atoms with Gasteiger partial charge >= 0.3 is 0 Å². The summed E-state index contributed by atoms with van der Waals surface area (Å²) in [6.45, 7) is 0.959. The normalized spacial score (nSPS) is 16.3. The van der Waals surface area contributed by atoms with Gasteiger partial charge in [-0.05, 0) is 37.1 Å². The van der Waals surface area contributed by atoms with Crippen LogP contribution in [0.2, 0.25) is 10.0 Å². The number of anilines is 1. The van der Waals surface area contributed by atoms with Crippen LogP contribution in [0.3, 0.4) is 0 Å². The number of likely N-dealkylation sites (tertiary alicyclic amines) is 1. The summed E-state index contributed by atoms with van der Waals surface area (Å²) < 4.78 is 10.5. The van der Waals surface area contributed by atoms with Crippen LogP contribution >= 0.6 is 23.2 Å². The smallest absolute Gasteiger partial charge is 0.253 e. The van der Waals surface area contributed by atoms with Crippen LogP contribution in [0.1, 0.15) is 23.2 Å². The molecule has 6 nitrogen and oxygen atoms in total. The lowest BCUT2D eigenvalue weighted by atomic mass is 9.96. The van der Waals surface area contributed by atoms with Crippen molar-refractivity contribution in [2.24, 2.45) is 5.92 Å². The van der Waals surface area contributed by atoms with Gasteiger partial charge in [0, 0.05) is 35.8 Å². The van der Waals surface area contributed by atoms with Crippen LogP contribution in [0.4, 0.5) is 5.69 Å². The topological polar surface area (TPSA) is 67.9 Å². The van der Waals surface area contributed by atoms with Crippen molar-refractivity contribution in [1.29, 1.82) is 0 Å². The molecule has 1 N–H and O–H groups in total. The highest BCUT2D eigenvalue weighted by molar-refractivity contribution is 6.34. The van der Waals surface area contributed by atoms with Gasteiger partial charge in [-0.15, -0.1) is 0 Å². The number of nitrogens with one attached hydrogen (secondary N) is 1. The van der Waals surface area contributed by atoms with E-state index in [4.69, 9.17) is 32.7 Å². The molecule has 0 unspecified atom stereocenters. The third-order valence-electron chi connectivity index (χ3n) is 4.90. The fourth-order valence-corrected chi connectivity index (χ4v) is 3.66. The molecule has 1 saturated heterocycles. The maximum Gasteiger partial charge on any atom is 0.253 e. The molecule has 1 atom stereocenters. The first kappa shape index (κ1) is 21.3. The number of piperidine rings is 1. The summed E-state index contributed by atoms with van der Waals surface area (Å²) in [6, 6.07) is 9.96. The van der Waals surface area contributed by atoms with Crippen molar-refractivity contribution in [3.8, 4) is 11.5 Å². The largest absolute Gasteiger partial charge is 0.493 e. The minimum Gasteiger partial charge on any atom is -0.493 e. The van der Waals surface area contributed by atoms with Crippen molar-refractivity contribution in [3.05, 3.63) is 52.0 Å². The van der Waals surface area contributed by atoms with Crippen LogP contribution in [0.15, 0.2) is 36.4 Å². The molecule has 29 heavy (non-hydrogen) atoms. The number of nitrogens with zero attached hydrogens (tertiary/aromatic N) is 1. The fourth-order valence-electron chi connectivity index (χ4n) is 3.34. The molecule has 0 aromatic heterocycles. The molecule has 8 heteroatoms. The standard InChI is InChI=1S/C21H22Cl2N2O4/c1-28-18-10-16(23)17(11-19(18)29-2)24-20(26)14-4-3-9-25(12-14)21(27)13-5-7-15(22)8-6-13/h5-8,10-11,14H,3-4,9,12H2,1-2H3,(H,24,26)/t14-/m0/s1. The van der Waals surface area contributed by atoms with Crippen LogP contribution in [0.5, 0.6) is 11.5 Å². The average Bonchev–Trinajstić information content (AvgIpc) is 2.74. The monoisotopic (exact) mass is 436 g/mol. The lowest BCUT2D eigenvalue weighted by Gasteiger charge is -2.32. The Morgan fingerprint density at radius 1 is 1.07 bits per heavy atom. The lowest BCUT2D eigenvalue weighted by molar-refractivity contribution is -0.121. The molecule has 2 aromatic carbocycles. The number of carbonyl (C=O) groups is 2. The van der Waals surface area contributed by atoms with Gasteiger partial charge in [0.1, 0.15) is 0 Å². The van der Waals surface area contributed by atoms with E-state index in [2.05, 4.69) is 5.32 Å². The summed E-state index contributed by atoms with van der Waals surface area (Å²) in [7, 11) is 3.03. The van der Waals surface area contributed by atoms with Crippen molar-refractivity contribution in [3.63, 3.8) is 0 Å². The highest BCUT2D eigenvalue weighted by Gasteiger charge is 2.29. The van der Waals surface area contributed by atoms with Crippen molar-refractivity contribution < 1.29 is 19.1 Å². The van der Waals surface area contributed by atoms with Gasteiger partial charge in [-0.25, -0.2) is 0 Å². The zero-order valence-corrected chi connectivity index (χ0v) is 17.7. The van der Waals surface area contributed by atoms with E-state index in [1.54, 1.807) is 41.3 Å². The third-order valence-corrected chi connectivity index (χ3v) is 5.47. The number of hydrogen-bond acceptors (Lipinski definition) is 4. The Morgan fingerprint density at radius 3 is 2.38 bits per heavy atom. The SMILES string of the molecule is COc1cc(Cl)c(NC(=O)[C@H]2CCCN(C(=O)c3ccc(Cl)cc3)C2)cc1OC. The highest BCUT2D eigenvalue weighted by Crippen LogP contribution is 2.36. The van der Waals surface area contributed by atoms with Gasteiger partial charge in [0.2, 0.25) is 5.91 Å². The average molecular weight is 437 g/mol. The van der Waals surface area contributed by atoms with Crippen molar-refractivity contribution in [2.75, 3.05) is 32.6 Å². The van der Waals surface area contributed by atoms with E-state index in [9.17, 15) is 9.59 Å². The molecule has 154 valence electrons. The maximum atomic E-state index is 12.8. The van der Waals surface area contributed by atoms with E-state index in [-0.39, 0.29) is 17.7 Å². The van der Waals surface area contributed by atoms with Crippen LogP contribution in [0, 0.1) is 5.92 Å². The maximum absolute atomic E-state index is 12.8. The Kier molecular flexibility index (Phi) is 6.87. The molecule has 0 saturated carbocycles. The Labute approximate surface area is 179 Å². The minimum atomic E-state index is -0.329. The first-order valence-corrected chi connectivity index (χ1v) is 9.95. The van der Waals surface area contributed by atoms with E-state index >= 15 is 0 Å². The molecule has 1 aliphatic rings. The third kappa shape index (κ3) is 4.95. The summed E-state index contributed by atoms with van der Waals surface area (Å²) in [5.41, 5.74) is 0.994. The number of benzene rings is 2. The quantitative estimate of drug-likeness (QED) is 0.748. The molecule has 1 aliphatic heterocycles. The molecular weight excluding hydrogens is 415 g/mol. The molecular formula is C21H22Cl2N2O4. The second-order valence-electron chi connectivity index (χ2n) is 6.77. The van der Waals surface area contributed by atoms with Crippen LogP contribution in [-0.4, -0.2) is 44.0 Å². The number of halogens is 2. The lowest BCUT2D eigenvalue weighted by Crippen LogP contribution is -2.43. The van der Waals surface area contributed by atoms with Gasteiger partial charge in [0.05, 0.1) is 30.8 Å². The molecule has 3 rings (SSSR count). The molecule has 1 heterocycles. The van der Waals surface area contributed by atoms with Gasteiger partial charge in [-0.2, -0.15) is 0 Å². The molecule has 2 amide bonds. The van der Waals surface area contributed by atoms with Gasteiger partial charge in [0.25, 0.3) is 5.91 Å². The predicted molar refractivity (Wildman–Crippen MR) is 113 cm³/mol. The van der Waals surface area contributed by atoms with E-state index in [0.29, 0.717) is 52.3 Å². The van der Waals surface area contributed by atoms with Crippen molar-refractivity contribution >= 4 is 40.7 Å². The van der Waals surface area contributed by atoms with E-state index in [1.807, 2.05) is 0 Å². The van der Waals surface area contributed by atoms with Gasteiger partial charge in [-0.1, -0.05) is 23.2 Å². The Hall–Kier alpha value is -2.44. The fraction of sp³-hybridized carbons (Fsp3) is 0.333. The Bertz CT molecular complexity index is 902. The van der Waals surface area contributed by atoms with E-state index < -0.39 is 0 Å². The second-order valence-corrected chi connectivity index (χ2v) is 7.62. The molecule has 0 radical (unpaired) electrons. The molecule has 0 spiro atoms. The van der Waals surface area contributed by atoms with Gasteiger partial charge in [0.15, 0.2) is 11.5 Å². The second kappa shape index (κ2) is 9.37. The van der Waals surface area contributed by atoms with Crippen LogP contribution in [0.25, 0.3) is 0 Å². The minimum absolute atomic E-state index is 0.108. The molecule has 2 aromatic rings. The summed E-state index contributed by atoms with van der Waals surface area (Å²) >= 11 is 12.2. The number of rotatable bonds is 5. The molecule has 0 bridgehead atoms. The Balaban J connectivity index is 1.70. The summed E-state index contributed by atoms with van der Waals surface area (Å²) in [4.78, 5) is 27.3. The zero-order chi connectivity index (χ0) is 21.0. The highest BCUT2D eigenvalue weighted by atomic mass is 35.5. The van der Waals surface area contributed by atoms with Crippen molar-refractivity contribution in [1.82, 2.24) is 4.90 Å². The summed E-state index contributed by atoms with van der Waals surface area (Å²) in [5.74, 6) is 0.323. The molecule has 1 fully saturated rings. The number of carbonyl (C=O) groups excluding carboxylic acids is 2. The first-order valence-electron chi connectivity index (χ1n) is 9.20. The number of methoxy groups -OCH3 is 2. The van der Waals surface area contributed by atoms with Crippen LogP contribution < -0.4 is 14.8 Å². The number of ether oxygens (including phenoxy) is 2. The molecule has 0 aliphatic carbocycles. The van der Waals surface area contributed by atoms with Crippen LogP contribution in [-0.2, 0) is 4.79 Å². The zero-order valence-electron chi connectivity index (χ0n) is 16.2. The van der Waals surface area contributed by atoms with Crippen molar-refractivity contribution in [2.45, 2.75) is 12.8 Å². The van der Waals surface area contributed by atoms with Gasteiger partial charge < -0.3 is 19.7 Å². The Morgan fingerprint density at radius 2 is 1.72 bits per heavy atom. The predicted octanol–water partition coefficient (Wildman–Crippen LogP) is 4.50. The van der Waals surface area contributed by atoms with E-state index in [1.165, 1.54) is 14.2 Å². The number of amides is 2. The number of hydrogen-bond donors (Lipinski definition) is 1. The summed E-state index contributed by atoms with van der Waals surface area (Å²) in [5, 5.41) is 3.77.